The molecule has 0 radical (unpaired) electrons. The highest BCUT2D eigenvalue weighted by Crippen LogP contribution is 2.21. The molecule has 2 aromatic rings. The Hall–Kier alpha value is -1.80. The van der Waals surface area contributed by atoms with Gasteiger partial charge in [-0.25, -0.2) is 0 Å². The molecule has 0 amide bonds. The molecule has 2 aromatic carbocycles. The topological polar surface area (TPSA) is 35.2 Å². The lowest BCUT2D eigenvalue weighted by Gasteiger charge is -2.14. The summed E-state index contributed by atoms with van der Waals surface area (Å²) in [6.07, 6.45) is 1.77. The molecule has 2 N–H and O–H groups in total. The first-order valence-corrected chi connectivity index (χ1v) is 7.17. The van der Waals surface area contributed by atoms with Gasteiger partial charge in [0.05, 0.1) is 6.61 Å². The lowest BCUT2D eigenvalue weighted by molar-refractivity contribution is 0.318. The first-order chi connectivity index (χ1) is 9.65. The molecule has 0 saturated carbocycles. The first-order valence-electron chi connectivity index (χ1n) is 7.17. The van der Waals surface area contributed by atoms with Crippen molar-refractivity contribution < 1.29 is 4.74 Å². The average molecular weight is 269 g/mol. The van der Waals surface area contributed by atoms with Gasteiger partial charge < -0.3 is 10.5 Å². The largest absolute Gasteiger partial charge is 0.493 e. The van der Waals surface area contributed by atoms with Gasteiger partial charge in [0.2, 0.25) is 0 Å². The monoisotopic (exact) mass is 269 g/mol. The van der Waals surface area contributed by atoms with E-state index in [4.69, 9.17) is 10.5 Å². The summed E-state index contributed by atoms with van der Waals surface area (Å²) >= 11 is 0. The molecule has 1 unspecified atom stereocenters. The fourth-order valence-corrected chi connectivity index (χ4v) is 2.28. The molecular weight excluding hydrogens is 246 g/mol. The van der Waals surface area contributed by atoms with Gasteiger partial charge in [-0.1, -0.05) is 48.0 Å². The van der Waals surface area contributed by atoms with Crippen molar-refractivity contribution in [3.8, 4) is 5.75 Å². The molecule has 106 valence electrons. The third-order valence-electron chi connectivity index (χ3n) is 3.25. The molecule has 0 saturated heterocycles. The van der Waals surface area contributed by atoms with Crippen molar-refractivity contribution in [2.24, 2.45) is 5.73 Å². The van der Waals surface area contributed by atoms with Crippen LogP contribution in [0.25, 0.3) is 0 Å². The van der Waals surface area contributed by atoms with Crippen LogP contribution in [0.5, 0.6) is 5.75 Å². The molecule has 0 spiro atoms. The van der Waals surface area contributed by atoms with Gasteiger partial charge in [0.1, 0.15) is 5.75 Å². The van der Waals surface area contributed by atoms with Gasteiger partial charge in [-0.2, -0.15) is 0 Å². The second kappa shape index (κ2) is 7.11. The lowest BCUT2D eigenvalue weighted by atomic mass is 10.0. The highest BCUT2D eigenvalue weighted by atomic mass is 16.5. The number of ether oxygens (including phenoxy) is 1. The van der Waals surface area contributed by atoms with E-state index in [-0.39, 0.29) is 6.04 Å². The van der Waals surface area contributed by atoms with Gasteiger partial charge in [0.25, 0.3) is 0 Å². The summed E-state index contributed by atoms with van der Waals surface area (Å²) in [6.45, 7) is 4.81. The van der Waals surface area contributed by atoms with E-state index >= 15 is 0 Å². The summed E-state index contributed by atoms with van der Waals surface area (Å²) in [6, 6.07) is 16.9. The molecule has 2 rings (SSSR count). The van der Waals surface area contributed by atoms with Crippen molar-refractivity contribution in [3.63, 3.8) is 0 Å². The molecule has 20 heavy (non-hydrogen) atoms. The fourth-order valence-electron chi connectivity index (χ4n) is 2.28. The Labute approximate surface area is 121 Å². The summed E-state index contributed by atoms with van der Waals surface area (Å²) in [7, 11) is 0. The number of rotatable bonds is 6. The molecule has 0 aliphatic rings. The maximum Gasteiger partial charge on any atom is 0.122 e. The van der Waals surface area contributed by atoms with Crippen molar-refractivity contribution in [1.82, 2.24) is 0 Å². The van der Waals surface area contributed by atoms with E-state index in [1.807, 2.05) is 13.0 Å². The van der Waals surface area contributed by atoms with Crippen LogP contribution < -0.4 is 10.5 Å². The Morgan fingerprint density at radius 3 is 2.55 bits per heavy atom. The number of hydrogen-bond acceptors (Lipinski definition) is 2. The Morgan fingerprint density at radius 2 is 1.85 bits per heavy atom. The zero-order valence-corrected chi connectivity index (χ0v) is 12.3. The maximum absolute atomic E-state index is 5.94. The zero-order valence-electron chi connectivity index (χ0n) is 12.3. The predicted octanol–water partition coefficient (Wildman–Crippen LogP) is 3.51. The van der Waals surface area contributed by atoms with Crippen LogP contribution in [0, 0.1) is 6.92 Å². The summed E-state index contributed by atoms with van der Waals surface area (Å²) in [4.78, 5) is 0. The molecule has 0 bridgehead atoms. The van der Waals surface area contributed by atoms with Crippen molar-refractivity contribution >= 4 is 0 Å². The van der Waals surface area contributed by atoms with Crippen molar-refractivity contribution in [3.05, 3.63) is 65.2 Å². The van der Waals surface area contributed by atoms with Gasteiger partial charge in [0.15, 0.2) is 0 Å². The average Bonchev–Trinajstić information content (AvgIpc) is 2.42. The molecule has 0 aliphatic carbocycles. The van der Waals surface area contributed by atoms with Gasteiger partial charge in [-0.05, 0) is 37.5 Å². The molecule has 2 nitrogen and oxygen atoms in total. The van der Waals surface area contributed by atoms with Crippen LogP contribution in [0.2, 0.25) is 0 Å². The molecule has 1 atom stereocenters. The predicted molar refractivity (Wildman–Crippen MR) is 84.2 cm³/mol. The Balaban J connectivity index is 1.98. The molecular formula is C18H23NO. The van der Waals surface area contributed by atoms with Crippen LogP contribution in [-0.4, -0.2) is 12.6 Å². The summed E-state index contributed by atoms with van der Waals surface area (Å²) in [5, 5.41) is 0. The van der Waals surface area contributed by atoms with Gasteiger partial charge in [-0.15, -0.1) is 0 Å². The summed E-state index contributed by atoms with van der Waals surface area (Å²) < 4.78 is 5.94. The van der Waals surface area contributed by atoms with E-state index in [1.54, 1.807) is 0 Å². The Kier molecular flexibility index (Phi) is 5.19. The minimum absolute atomic E-state index is 0.147. The highest BCUT2D eigenvalue weighted by Gasteiger charge is 2.06. The minimum Gasteiger partial charge on any atom is -0.493 e. The third-order valence-corrected chi connectivity index (χ3v) is 3.25. The fraction of sp³-hybridized carbons (Fsp3) is 0.333. The zero-order chi connectivity index (χ0) is 14.4. The van der Waals surface area contributed by atoms with Crippen LogP contribution in [-0.2, 0) is 12.8 Å². The second-order valence-electron chi connectivity index (χ2n) is 5.38. The maximum atomic E-state index is 5.94. The molecule has 0 aromatic heterocycles. The SMILES string of the molecule is Cc1ccc(OCCc2ccccc2)c(CC(C)N)c1. The molecule has 0 fully saturated rings. The normalized spacial score (nSPS) is 12.2. The van der Waals surface area contributed by atoms with Crippen molar-refractivity contribution in [2.45, 2.75) is 32.7 Å². The van der Waals surface area contributed by atoms with Crippen LogP contribution in [0.15, 0.2) is 48.5 Å². The third kappa shape index (κ3) is 4.39. The minimum atomic E-state index is 0.147. The van der Waals surface area contributed by atoms with Crippen LogP contribution >= 0.6 is 0 Å². The number of aryl methyl sites for hydroxylation is 1. The highest BCUT2D eigenvalue weighted by molar-refractivity contribution is 5.37. The van der Waals surface area contributed by atoms with Crippen molar-refractivity contribution in [1.29, 1.82) is 0 Å². The van der Waals surface area contributed by atoms with Crippen LogP contribution in [0.4, 0.5) is 0 Å². The van der Waals surface area contributed by atoms with E-state index in [1.165, 1.54) is 16.7 Å². The molecule has 0 aliphatic heterocycles. The molecule has 0 heterocycles. The van der Waals surface area contributed by atoms with Crippen LogP contribution in [0.3, 0.4) is 0 Å². The van der Waals surface area contributed by atoms with E-state index in [0.29, 0.717) is 6.61 Å². The summed E-state index contributed by atoms with van der Waals surface area (Å²) in [5.74, 6) is 0.962. The number of hydrogen-bond donors (Lipinski definition) is 1. The van der Waals surface area contributed by atoms with Gasteiger partial charge >= 0.3 is 0 Å². The van der Waals surface area contributed by atoms with Crippen molar-refractivity contribution in [2.75, 3.05) is 6.61 Å². The smallest absolute Gasteiger partial charge is 0.122 e. The Bertz CT molecular complexity index is 534. The number of nitrogens with two attached hydrogens (primary N) is 1. The Morgan fingerprint density at radius 1 is 1.10 bits per heavy atom. The number of benzene rings is 2. The quantitative estimate of drug-likeness (QED) is 0.871. The van der Waals surface area contributed by atoms with Crippen LogP contribution in [0.1, 0.15) is 23.6 Å². The van der Waals surface area contributed by atoms with E-state index in [0.717, 1.165) is 18.6 Å². The van der Waals surface area contributed by atoms with Gasteiger partial charge in [0, 0.05) is 12.5 Å². The second-order valence-corrected chi connectivity index (χ2v) is 5.38. The van der Waals surface area contributed by atoms with Gasteiger partial charge in [-0.3, -0.25) is 0 Å². The van der Waals surface area contributed by atoms with E-state index < -0.39 is 0 Å². The van der Waals surface area contributed by atoms with E-state index in [9.17, 15) is 0 Å². The summed E-state index contributed by atoms with van der Waals surface area (Å²) in [5.41, 5.74) is 9.66. The standard InChI is InChI=1S/C18H23NO/c1-14-8-9-18(17(12-14)13-15(2)19)20-11-10-16-6-4-3-5-7-16/h3-9,12,15H,10-11,13,19H2,1-2H3. The van der Waals surface area contributed by atoms with E-state index in [2.05, 4.69) is 49.4 Å². The lowest BCUT2D eigenvalue weighted by Crippen LogP contribution is -2.18. The molecule has 2 heteroatoms. The first kappa shape index (κ1) is 14.6.